The molecule has 0 spiro atoms. The number of para-hydroxylation sites is 1. The van der Waals surface area contributed by atoms with Crippen molar-refractivity contribution in [2.45, 2.75) is 11.8 Å². The Balaban J connectivity index is 1.92. The van der Waals surface area contributed by atoms with Crippen LogP contribution in [0.15, 0.2) is 71.6 Å². The van der Waals surface area contributed by atoms with Gasteiger partial charge in [-0.1, -0.05) is 42.0 Å². The average molecular weight is 394 g/mol. The highest BCUT2D eigenvalue weighted by atomic mass is 32.2. The van der Waals surface area contributed by atoms with Gasteiger partial charge >= 0.3 is 0 Å². The number of hydrogen-bond acceptors (Lipinski definition) is 4. The summed E-state index contributed by atoms with van der Waals surface area (Å²) in [6, 6.07) is 19.5. The smallest absolute Gasteiger partial charge is 0.262 e. The van der Waals surface area contributed by atoms with E-state index in [0.717, 1.165) is 10.9 Å². The summed E-state index contributed by atoms with van der Waals surface area (Å²) in [5.74, 6) is 0. The quantitative estimate of drug-likeness (QED) is 0.508. The predicted octanol–water partition coefficient (Wildman–Crippen LogP) is 3.53. The number of fused-ring (bicyclic) bond motifs is 3. The van der Waals surface area contributed by atoms with Gasteiger partial charge < -0.3 is 4.84 Å². The molecule has 0 radical (unpaired) electrons. The molecule has 0 fully saturated rings. The van der Waals surface area contributed by atoms with Gasteiger partial charge in [0.1, 0.15) is 0 Å². The third-order valence-corrected chi connectivity index (χ3v) is 5.90. The van der Waals surface area contributed by atoms with Crippen LogP contribution in [0.1, 0.15) is 5.56 Å². The Morgan fingerprint density at radius 2 is 1.68 bits per heavy atom. The first kappa shape index (κ1) is 18.1. The zero-order valence-electron chi connectivity index (χ0n) is 15.1. The highest BCUT2D eigenvalue weighted by Crippen LogP contribution is 2.33. The number of nitrogens with one attached hydrogen (secondary N) is 1. The summed E-state index contributed by atoms with van der Waals surface area (Å²) in [5.41, 5.74) is 2.80. The molecule has 7 heteroatoms. The molecular weight excluding hydrogens is 376 g/mol. The minimum Gasteiger partial charge on any atom is -0.406 e. The van der Waals surface area contributed by atoms with E-state index in [1.807, 2.05) is 43.3 Å². The second-order valence-corrected chi connectivity index (χ2v) is 8.05. The molecule has 0 bridgehead atoms. The van der Waals surface area contributed by atoms with Crippen LogP contribution in [0, 0.1) is 6.92 Å². The van der Waals surface area contributed by atoms with Crippen LogP contribution in [0.4, 0.5) is 5.69 Å². The lowest BCUT2D eigenvalue weighted by atomic mass is 10.1. The molecule has 142 valence electrons. The molecule has 0 unspecified atom stereocenters. The van der Waals surface area contributed by atoms with Crippen LogP contribution in [0.2, 0.25) is 0 Å². The normalized spacial score (nSPS) is 11.6. The van der Waals surface area contributed by atoms with Crippen LogP contribution in [-0.2, 0) is 14.8 Å². The summed E-state index contributed by atoms with van der Waals surface area (Å²) in [6.45, 7) is 1.81. The van der Waals surface area contributed by atoms with Crippen molar-refractivity contribution in [3.05, 3.63) is 72.3 Å². The zero-order chi connectivity index (χ0) is 19.7. The van der Waals surface area contributed by atoms with Gasteiger partial charge in [0.2, 0.25) is 0 Å². The topological polar surface area (TPSA) is 77.4 Å². The Labute approximate surface area is 162 Å². The Hall–Kier alpha value is -3.32. The number of sulfonamides is 1. The minimum atomic E-state index is -3.84. The number of aldehydes is 1. The second-order valence-electron chi connectivity index (χ2n) is 6.40. The zero-order valence-corrected chi connectivity index (χ0v) is 15.9. The number of aromatic nitrogens is 1. The maximum absolute atomic E-state index is 13.2. The molecule has 0 aliphatic rings. The molecule has 4 rings (SSSR count). The van der Waals surface area contributed by atoms with Crippen LogP contribution in [0.25, 0.3) is 21.8 Å². The van der Waals surface area contributed by atoms with Crippen LogP contribution >= 0.6 is 0 Å². The summed E-state index contributed by atoms with van der Waals surface area (Å²) in [7, 11) is -3.84. The van der Waals surface area contributed by atoms with Gasteiger partial charge in [-0.15, -0.1) is 0 Å². The fraction of sp³-hybridized carbons (Fsp3) is 0.0952. The van der Waals surface area contributed by atoms with Gasteiger partial charge in [0.25, 0.3) is 10.0 Å². The van der Waals surface area contributed by atoms with E-state index in [2.05, 4.69) is 4.72 Å². The Morgan fingerprint density at radius 3 is 2.43 bits per heavy atom. The number of rotatable bonds is 6. The number of carbonyl (C=O) groups excluding carboxylic acids is 1. The summed E-state index contributed by atoms with van der Waals surface area (Å²) in [6.07, 6.45) is 0.653. The first-order chi connectivity index (χ1) is 13.5. The van der Waals surface area contributed by atoms with Crippen LogP contribution in [0.5, 0.6) is 0 Å². The van der Waals surface area contributed by atoms with E-state index in [4.69, 9.17) is 4.84 Å². The van der Waals surface area contributed by atoms with Gasteiger partial charge in [-0.3, -0.25) is 9.52 Å². The van der Waals surface area contributed by atoms with Crippen molar-refractivity contribution in [1.82, 2.24) is 4.73 Å². The van der Waals surface area contributed by atoms with E-state index in [1.54, 1.807) is 30.3 Å². The van der Waals surface area contributed by atoms with Gasteiger partial charge in [-0.2, -0.15) is 4.73 Å². The lowest BCUT2D eigenvalue weighted by Gasteiger charge is -2.10. The van der Waals surface area contributed by atoms with Gasteiger partial charge in [-0.25, -0.2) is 8.42 Å². The fourth-order valence-electron chi connectivity index (χ4n) is 3.25. The van der Waals surface area contributed by atoms with E-state index in [1.165, 1.54) is 4.73 Å². The van der Waals surface area contributed by atoms with Gasteiger partial charge in [0.15, 0.2) is 12.9 Å². The number of aryl methyl sites for hydroxylation is 1. The van der Waals surface area contributed by atoms with Crippen molar-refractivity contribution in [3.63, 3.8) is 0 Å². The van der Waals surface area contributed by atoms with E-state index in [9.17, 15) is 13.2 Å². The molecule has 0 aliphatic carbocycles. The van der Waals surface area contributed by atoms with Gasteiger partial charge in [0.05, 0.1) is 15.9 Å². The second kappa shape index (κ2) is 7.01. The fourth-order valence-corrected chi connectivity index (χ4v) is 4.55. The third-order valence-electron chi connectivity index (χ3n) is 4.48. The first-order valence-corrected chi connectivity index (χ1v) is 10.2. The van der Waals surface area contributed by atoms with Crippen molar-refractivity contribution < 1.29 is 18.0 Å². The summed E-state index contributed by atoms with van der Waals surface area (Å²) >= 11 is 0. The number of anilines is 1. The molecule has 4 aromatic rings. The predicted molar refractivity (Wildman–Crippen MR) is 109 cm³/mol. The molecule has 1 heterocycles. The number of benzene rings is 3. The lowest BCUT2D eigenvalue weighted by Crippen LogP contribution is -2.14. The Kier molecular flexibility index (Phi) is 4.52. The van der Waals surface area contributed by atoms with E-state index < -0.39 is 10.0 Å². The molecule has 28 heavy (non-hydrogen) atoms. The maximum atomic E-state index is 13.2. The summed E-state index contributed by atoms with van der Waals surface area (Å²) in [4.78, 5) is 16.5. The number of nitrogens with zero attached hydrogens (tertiary/aromatic N) is 1. The Morgan fingerprint density at radius 1 is 0.964 bits per heavy atom. The molecule has 6 nitrogen and oxygen atoms in total. The lowest BCUT2D eigenvalue weighted by molar-refractivity contribution is -0.111. The molecular formula is C21H18N2O4S. The molecule has 1 N–H and O–H groups in total. The van der Waals surface area contributed by atoms with E-state index in [0.29, 0.717) is 28.4 Å². The highest BCUT2D eigenvalue weighted by Gasteiger charge is 2.22. The molecule has 1 aromatic heterocycles. The molecule has 0 atom stereocenters. The largest absolute Gasteiger partial charge is 0.406 e. The van der Waals surface area contributed by atoms with E-state index in [-0.39, 0.29) is 11.5 Å². The van der Waals surface area contributed by atoms with Crippen molar-refractivity contribution in [1.29, 1.82) is 0 Å². The standard InChI is InChI=1S/C21H18N2O4S/c1-15-9-11-16(12-10-15)22-28(25,26)20-8-4-7-19-21(20)17-5-2-3-6-18(17)23(19)27-14-13-24/h2-13,22H,14H2,1H3. The summed E-state index contributed by atoms with van der Waals surface area (Å²) < 4.78 is 30.4. The van der Waals surface area contributed by atoms with Crippen LogP contribution < -0.4 is 9.56 Å². The molecule has 0 amide bonds. The van der Waals surface area contributed by atoms with E-state index >= 15 is 0 Å². The molecule has 0 saturated carbocycles. The average Bonchev–Trinajstić information content (AvgIpc) is 3.02. The Bertz CT molecular complexity index is 1280. The molecule has 0 saturated heterocycles. The monoisotopic (exact) mass is 394 g/mol. The van der Waals surface area contributed by atoms with Gasteiger partial charge in [-0.05, 0) is 37.3 Å². The third kappa shape index (κ3) is 3.10. The molecule has 3 aromatic carbocycles. The highest BCUT2D eigenvalue weighted by molar-refractivity contribution is 7.93. The van der Waals surface area contributed by atoms with Gasteiger partial charge in [0, 0.05) is 16.5 Å². The summed E-state index contributed by atoms with van der Waals surface area (Å²) in [5, 5.41) is 1.27. The van der Waals surface area contributed by atoms with Crippen molar-refractivity contribution in [2.24, 2.45) is 0 Å². The number of hydrogen-bond donors (Lipinski definition) is 1. The number of carbonyl (C=O) groups is 1. The van der Waals surface area contributed by atoms with Crippen molar-refractivity contribution in [2.75, 3.05) is 11.3 Å². The van der Waals surface area contributed by atoms with Crippen molar-refractivity contribution in [3.8, 4) is 0 Å². The van der Waals surface area contributed by atoms with Crippen LogP contribution in [-0.4, -0.2) is 26.0 Å². The van der Waals surface area contributed by atoms with Crippen LogP contribution in [0.3, 0.4) is 0 Å². The first-order valence-electron chi connectivity index (χ1n) is 8.70. The molecule has 0 aliphatic heterocycles. The maximum Gasteiger partial charge on any atom is 0.262 e. The minimum absolute atomic E-state index is 0.133. The SMILES string of the molecule is Cc1ccc(NS(=O)(=O)c2cccc3c2c2ccccc2n3OCC=O)cc1. The van der Waals surface area contributed by atoms with Crippen molar-refractivity contribution >= 4 is 43.8 Å².